The van der Waals surface area contributed by atoms with Gasteiger partial charge in [-0.05, 0) is 12.1 Å². The zero-order chi connectivity index (χ0) is 17.0. The molecule has 0 atom stereocenters. The zero-order valence-electron chi connectivity index (χ0n) is 12.8. The van der Waals surface area contributed by atoms with Crippen LogP contribution in [0.2, 0.25) is 5.02 Å². The zero-order valence-corrected chi connectivity index (χ0v) is 13.5. The van der Waals surface area contributed by atoms with E-state index in [9.17, 15) is 9.59 Å². The van der Waals surface area contributed by atoms with Crippen LogP contribution >= 0.6 is 11.6 Å². The van der Waals surface area contributed by atoms with Gasteiger partial charge in [0.25, 0.3) is 5.91 Å². The number of hydrogen-bond acceptors (Lipinski definition) is 4. The van der Waals surface area contributed by atoms with Crippen LogP contribution in [0.25, 0.3) is 5.69 Å². The molecule has 0 aliphatic heterocycles. The average molecular weight is 337 g/mol. The topological polar surface area (TPSA) is 97.1 Å². The van der Waals surface area contributed by atoms with Gasteiger partial charge in [0.15, 0.2) is 0 Å². The van der Waals surface area contributed by atoms with Gasteiger partial charge in [-0.25, -0.2) is 9.67 Å². The lowest BCUT2D eigenvalue weighted by atomic mass is 10.2. The summed E-state index contributed by atoms with van der Waals surface area (Å²) in [7, 11) is 0. The van der Waals surface area contributed by atoms with Gasteiger partial charge in [-0.15, -0.1) is 5.10 Å². The van der Waals surface area contributed by atoms with E-state index in [4.69, 9.17) is 16.7 Å². The van der Waals surface area contributed by atoms with Gasteiger partial charge in [0.05, 0.1) is 17.1 Å². The number of carboxylic acids is 1. The third-order valence-corrected chi connectivity index (χ3v) is 3.38. The number of para-hydroxylation sites is 1. The van der Waals surface area contributed by atoms with Crippen molar-refractivity contribution < 1.29 is 14.7 Å². The Morgan fingerprint density at radius 2 is 2.04 bits per heavy atom. The summed E-state index contributed by atoms with van der Waals surface area (Å²) in [4.78, 5) is 26.8. The number of halogens is 1. The predicted octanol–water partition coefficient (Wildman–Crippen LogP) is 2.25. The molecule has 2 rings (SSSR count). The van der Waals surface area contributed by atoms with Crippen LogP contribution in [0.5, 0.6) is 0 Å². The van der Waals surface area contributed by atoms with Crippen molar-refractivity contribution in [3.63, 3.8) is 0 Å². The van der Waals surface area contributed by atoms with Crippen LogP contribution in [-0.4, -0.2) is 38.3 Å². The molecule has 0 fully saturated rings. The number of nitrogens with one attached hydrogen (secondary N) is 1. The van der Waals surface area contributed by atoms with E-state index in [0.717, 1.165) is 0 Å². The third kappa shape index (κ3) is 4.07. The lowest BCUT2D eigenvalue weighted by Crippen LogP contribution is -2.27. The second kappa shape index (κ2) is 7.23. The largest absolute Gasteiger partial charge is 0.481 e. The first-order valence-electron chi connectivity index (χ1n) is 7.12. The highest BCUT2D eigenvalue weighted by atomic mass is 35.5. The van der Waals surface area contributed by atoms with Crippen molar-refractivity contribution in [2.24, 2.45) is 0 Å². The van der Waals surface area contributed by atoms with Crippen LogP contribution in [-0.2, 0) is 4.79 Å². The van der Waals surface area contributed by atoms with E-state index in [1.807, 2.05) is 19.9 Å². The van der Waals surface area contributed by atoms with Gasteiger partial charge in [-0.1, -0.05) is 37.6 Å². The number of aliphatic carboxylic acids is 1. The number of carbonyl (C=O) groups is 2. The molecular formula is C15H17ClN4O3. The molecule has 0 saturated carbocycles. The van der Waals surface area contributed by atoms with Crippen LogP contribution < -0.4 is 5.32 Å². The Kier molecular flexibility index (Phi) is 5.33. The summed E-state index contributed by atoms with van der Waals surface area (Å²) >= 11 is 6.19. The molecule has 0 unspecified atom stereocenters. The molecule has 0 aliphatic carbocycles. The van der Waals surface area contributed by atoms with E-state index in [-0.39, 0.29) is 24.7 Å². The average Bonchev–Trinajstić information content (AvgIpc) is 2.92. The van der Waals surface area contributed by atoms with E-state index < -0.39 is 11.9 Å². The van der Waals surface area contributed by atoms with Crippen molar-refractivity contribution in [3.8, 4) is 5.69 Å². The standard InChI is InChI=1S/C15H17ClN4O3/c1-9(2)14-18-13(15(23)17-8-7-12(21)22)19-20(14)11-6-4-3-5-10(11)16/h3-6,9H,7-8H2,1-2H3,(H,17,23)(H,21,22). The minimum atomic E-state index is -0.984. The molecule has 1 amide bonds. The van der Waals surface area contributed by atoms with Gasteiger partial charge < -0.3 is 10.4 Å². The summed E-state index contributed by atoms with van der Waals surface area (Å²) in [5.74, 6) is -0.887. The molecule has 0 aliphatic rings. The van der Waals surface area contributed by atoms with Gasteiger partial charge in [-0.2, -0.15) is 0 Å². The molecular weight excluding hydrogens is 320 g/mol. The predicted molar refractivity (Wildman–Crippen MR) is 85.0 cm³/mol. The van der Waals surface area contributed by atoms with E-state index in [0.29, 0.717) is 16.5 Å². The van der Waals surface area contributed by atoms with E-state index in [2.05, 4.69) is 15.4 Å². The molecule has 0 saturated heterocycles. The maximum absolute atomic E-state index is 12.1. The first kappa shape index (κ1) is 17.0. The molecule has 1 aromatic heterocycles. The molecule has 2 aromatic rings. The summed E-state index contributed by atoms with van der Waals surface area (Å²) in [6.07, 6.45) is -0.159. The fourth-order valence-corrected chi connectivity index (χ4v) is 2.17. The van der Waals surface area contributed by atoms with Crippen LogP contribution in [0, 0.1) is 0 Å². The van der Waals surface area contributed by atoms with E-state index in [1.54, 1.807) is 22.9 Å². The van der Waals surface area contributed by atoms with Gasteiger partial charge in [0.2, 0.25) is 5.82 Å². The lowest BCUT2D eigenvalue weighted by molar-refractivity contribution is -0.136. The number of carboxylic acid groups (broad SMARTS) is 1. The molecule has 7 nitrogen and oxygen atoms in total. The summed E-state index contributed by atoms with van der Waals surface area (Å²) in [5.41, 5.74) is 0.634. The van der Waals surface area contributed by atoms with Gasteiger partial charge in [0, 0.05) is 12.5 Å². The number of rotatable bonds is 6. The molecule has 1 heterocycles. The molecule has 2 N–H and O–H groups in total. The number of hydrogen-bond donors (Lipinski definition) is 2. The van der Waals surface area contributed by atoms with Crippen molar-refractivity contribution in [2.75, 3.05) is 6.54 Å². The number of benzene rings is 1. The summed E-state index contributed by atoms with van der Waals surface area (Å²) < 4.78 is 1.54. The Hall–Kier alpha value is -2.41. The van der Waals surface area contributed by atoms with Gasteiger partial charge >= 0.3 is 5.97 Å². The van der Waals surface area contributed by atoms with Crippen molar-refractivity contribution in [1.29, 1.82) is 0 Å². The molecule has 1 aromatic carbocycles. The molecule has 122 valence electrons. The van der Waals surface area contributed by atoms with Crippen molar-refractivity contribution in [2.45, 2.75) is 26.2 Å². The normalized spacial score (nSPS) is 10.8. The third-order valence-electron chi connectivity index (χ3n) is 3.06. The highest BCUT2D eigenvalue weighted by molar-refractivity contribution is 6.32. The van der Waals surface area contributed by atoms with Crippen LogP contribution in [0.1, 0.15) is 42.6 Å². The van der Waals surface area contributed by atoms with Gasteiger partial charge in [0.1, 0.15) is 5.82 Å². The van der Waals surface area contributed by atoms with E-state index >= 15 is 0 Å². The number of carbonyl (C=O) groups excluding carboxylic acids is 1. The Balaban J connectivity index is 2.30. The highest BCUT2D eigenvalue weighted by Gasteiger charge is 2.20. The second-order valence-electron chi connectivity index (χ2n) is 5.21. The summed E-state index contributed by atoms with van der Waals surface area (Å²) in [5, 5.41) is 15.8. The Morgan fingerprint density at radius 1 is 1.35 bits per heavy atom. The van der Waals surface area contributed by atoms with Gasteiger partial charge in [-0.3, -0.25) is 9.59 Å². The molecule has 8 heteroatoms. The SMILES string of the molecule is CC(C)c1nc(C(=O)NCCC(=O)O)nn1-c1ccccc1Cl. The minimum absolute atomic E-state index is 0.0148. The lowest BCUT2D eigenvalue weighted by Gasteiger charge is -2.09. The maximum Gasteiger partial charge on any atom is 0.305 e. The van der Waals surface area contributed by atoms with Crippen molar-refractivity contribution in [3.05, 3.63) is 40.9 Å². The summed E-state index contributed by atoms with van der Waals surface area (Å²) in [6, 6.07) is 7.14. The van der Waals surface area contributed by atoms with Crippen LogP contribution in [0.3, 0.4) is 0 Å². The fraction of sp³-hybridized carbons (Fsp3) is 0.333. The quantitative estimate of drug-likeness (QED) is 0.843. The first-order valence-corrected chi connectivity index (χ1v) is 7.49. The fourth-order valence-electron chi connectivity index (χ4n) is 1.96. The number of nitrogens with zero attached hydrogens (tertiary/aromatic N) is 3. The Labute approximate surface area is 138 Å². The molecule has 0 spiro atoms. The van der Waals surface area contributed by atoms with Crippen LogP contribution in [0.4, 0.5) is 0 Å². The van der Waals surface area contributed by atoms with E-state index in [1.165, 1.54) is 0 Å². The number of amides is 1. The number of aromatic nitrogens is 3. The molecule has 23 heavy (non-hydrogen) atoms. The first-order chi connectivity index (χ1) is 10.9. The smallest absolute Gasteiger partial charge is 0.305 e. The highest BCUT2D eigenvalue weighted by Crippen LogP contribution is 2.23. The maximum atomic E-state index is 12.1. The van der Waals surface area contributed by atoms with Crippen molar-refractivity contribution >= 4 is 23.5 Å². The minimum Gasteiger partial charge on any atom is -0.481 e. The molecule has 0 radical (unpaired) electrons. The Bertz CT molecular complexity index is 727. The molecule has 0 bridgehead atoms. The second-order valence-corrected chi connectivity index (χ2v) is 5.62. The Morgan fingerprint density at radius 3 is 2.65 bits per heavy atom. The monoisotopic (exact) mass is 336 g/mol. The summed E-state index contributed by atoms with van der Waals surface area (Å²) in [6.45, 7) is 3.89. The van der Waals surface area contributed by atoms with Crippen molar-refractivity contribution in [1.82, 2.24) is 20.1 Å². The van der Waals surface area contributed by atoms with Crippen LogP contribution in [0.15, 0.2) is 24.3 Å².